The molecule has 3 aromatic rings. The summed E-state index contributed by atoms with van der Waals surface area (Å²) in [4.78, 5) is 0. The van der Waals surface area contributed by atoms with Gasteiger partial charge >= 0.3 is 0 Å². The second-order valence-electron chi connectivity index (χ2n) is 4.99. The zero-order valence-corrected chi connectivity index (χ0v) is 13.9. The SMILES string of the molecule is Cc1cc(C)n(-c2ccc(SCc3cccc(Cl)c3)nn2)n1. The minimum Gasteiger partial charge on any atom is -0.218 e. The molecule has 0 N–H and O–H groups in total. The standard InChI is InChI=1S/C16H15ClN4S/c1-11-8-12(2)21(20-11)15-6-7-16(19-18-15)22-10-13-4-3-5-14(17)9-13/h3-9H,10H2,1-2H3. The maximum Gasteiger partial charge on any atom is 0.175 e. The van der Waals surface area contributed by atoms with E-state index in [0.717, 1.165) is 33.0 Å². The van der Waals surface area contributed by atoms with Crippen LogP contribution in [0.25, 0.3) is 5.82 Å². The van der Waals surface area contributed by atoms with Gasteiger partial charge in [0.15, 0.2) is 5.82 Å². The summed E-state index contributed by atoms with van der Waals surface area (Å²) in [6.07, 6.45) is 0. The van der Waals surface area contributed by atoms with Crippen LogP contribution in [0.1, 0.15) is 17.0 Å². The molecule has 0 aliphatic carbocycles. The molecule has 0 unspecified atom stereocenters. The summed E-state index contributed by atoms with van der Waals surface area (Å²) in [7, 11) is 0. The number of nitrogens with zero attached hydrogens (tertiary/aromatic N) is 4. The fourth-order valence-electron chi connectivity index (χ4n) is 2.15. The van der Waals surface area contributed by atoms with Gasteiger partial charge in [-0.1, -0.05) is 35.5 Å². The van der Waals surface area contributed by atoms with Gasteiger partial charge < -0.3 is 0 Å². The molecule has 0 aliphatic heterocycles. The van der Waals surface area contributed by atoms with E-state index in [2.05, 4.69) is 21.4 Å². The minimum atomic E-state index is 0.734. The fourth-order valence-corrected chi connectivity index (χ4v) is 3.12. The summed E-state index contributed by atoms with van der Waals surface area (Å²) in [6, 6.07) is 13.8. The van der Waals surface area contributed by atoms with Gasteiger partial charge in [0.2, 0.25) is 0 Å². The van der Waals surface area contributed by atoms with Crippen LogP contribution in [-0.4, -0.2) is 20.0 Å². The summed E-state index contributed by atoms with van der Waals surface area (Å²) >= 11 is 7.62. The van der Waals surface area contributed by atoms with Crippen molar-refractivity contribution in [2.75, 3.05) is 0 Å². The molecule has 0 spiro atoms. The van der Waals surface area contributed by atoms with Crippen molar-refractivity contribution in [3.05, 3.63) is 64.4 Å². The lowest BCUT2D eigenvalue weighted by molar-refractivity contribution is 0.765. The van der Waals surface area contributed by atoms with E-state index in [1.165, 1.54) is 5.56 Å². The summed E-state index contributed by atoms with van der Waals surface area (Å²) < 4.78 is 1.80. The lowest BCUT2D eigenvalue weighted by Crippen LogP contribution is -2.03. The van der Waals surface area contributed by atoms with E-state index in [9.17, 15) is 0 Å². The molecule has 0 radical (unpaired) electrons. The third-order valence-corrected chi connectivity index (χ3v) is 4.35. The van der Waals surface area contributed by atoms with Crippen molar-refractivity contribution in [1.82, 2.24) is 20.0 Å². The Morgan fingerprint density at radius 1 is 1.09 bits per heavy atom. The van der Waals surface area contributed by atoms with Gasteiger partial charge in [-0.3, -0.25) is 0 Å². The topological polar surface area (TPSA) is 43.6 Å². The molecule has 22 heavy (non-hydrogen) atoms. The highest BCUT2D eigenvalue weighted by molar-refractivity contribution is 7.98. The second kappa shape index (κ2) is 6.50. The maximum absolute atomic E-state index is 5.99. The Kier molecular flexibility index (Phi) is 4.45. The largest absolute Gasteiger partial charge is 0.218 e. The van der Waals surface area contributed by atoms with Crippen molar-refractivity contribution in [2.24, 2.45) is 0 Å². The first-order valence-electron chi connectivity index (χ1n) is 6.86. The van der Waals surface area contributed by atoms with Gasteiger partial charge in [-0.25, -0.2) is 4.68 Å². The molecule has 6 heteroatoms. The van der Waals surface area contributed by atoms with Crippen molar-refractivity contribution < 1.29 is 0 Å². The van der Waals surface area contributed by atoms with Gasteiger partial charge in [0, 0.05) is 16.5 Å². The predicted octanol–water partition coefficient (Wildman–Crippen LogP) is 4.22. The molecule has 0 atom stereocenters. The molecular weight excluding hydrogens is 316 g/mol. The van der Waals surface area contributed by atoms with Crippen molar-refractivity contribution in [3.8, 4) is 5.82 Å². The van der Waals surface area contributed by atoms with E-state index in [-0.39, 0.29) is 0 Å². The molecule has 0 aliphatic rings. The molecule has 112 valence electrons. The first-order chi connectivity index (χ1) is 10.6. The maximum atomic E-state index is 5.99. The molecular formula is C16H15ClN4S. The van der Waals surface area contributed by atoms with Crippen LogP contribution in [0.2, 0.25) is 5.02 Å². The van der Waals surface area contributed by atoms with Crippen LogP contribution in [0.4, 0.5) is 0 Å². The molecule has 2 aromatic heterocycles. The monoisotopic (exact) mass is 330 g/mol. The Balaban J connectivity index is 1.70. The number of aromatic nitrogens is 4. The van der Waals surface area contributed by atoms with E-state index in [4.69, 9.17) is 11.6 Å². The lowest BCUT2D eigenvalue weighted by atomic mass is 10.2. The number of benzene rings is 1. The number of halogens is 1. The van der Waals surface area contributed by atoms with Crippen molar-refractivity contribution in [3.63, 3.8) is 0 Å². The first-order valence-corrected chi connectivity index (χ1v) is 8.23. The van der Waals surface area contributed by atoms with Crippen LogP contribution in [0.15, 0.2) is 47.5 Å². The summed E-state index contributed by atoms with van der Waals surface area (Å²) in [5, 5.41) is 14.6. The second-order valence-corrected chi connectivity index (χ2v) is 6.42. The van der Waals surface area contributed by atoms with Gasteiger partial charge in [0.1, 0.15) is 5.03 Å². The number of hydrogen-bond donors (Lipinski definition) is 0. The quantitative estimate of drug-likeness (QED) is 0.672. The van der Waals surface area contributed by atoms with Crippen LogP contribution in [0.3, 0.4) is 0 Å². The summed E-state index contributed by atoms with van der Waals surface area (Å²) in [5.41, 5.74) is 3.19. The Hall–Kier alpha value is -1.85. The molecule has 4 nitrogen and oxygen atoms in total. The predicted molar refractivity (Wildman–Crippen MR) is 89.6 cm³/mol. The number of rotatable bonds is 4. The fraction of sp³-hybridized carbons (Fsp3) is 0.188. The van der Waals surface area contributed by atoms with Crippen LogP contribution in [0, 0.1) is 13.8 Å². The molecule has 0 fully saturated rings. The average molecular weight is 331 g/mol. The van der Waals surface area contributed by atoms with E-state index in [0.29, 0.717) is 0 Å². The molecule has 1 aromatic carbocycles. The van der Waals surface area contributed by atoms with Crippen molar-refractivity contribution in [1.29, 1.82) is 0 Å². The van der Waals surface area contributed by atoms with Crippen molar-refractivity contribution >= 4 is 23.4 Å². The highest BCUT2D eigenvalue weighted by Gasteiger charge is 2.06. The van der Waals surface area contributed by atoms with Crippen LogP contribution >= 0.6 is 23.4 Å². The number of thioether (sulfide) groups is 1. The van der Waals surface area contributed by atoms with Crippen LogP contribution in [0.5, 0.6) is 0 Å². The molecule has 0 bridgehead atoms. The summed E-state index contributed by atoms with van der Waals surface area (Å²) in [6.45, 7) is 3.97. The molecule has 2 heterocycles. The smallest absolute Gasteiger partial charge is 0.175 e. The normalized spacial score (nSPS) is 10.9. The highest BCUT2D eigenvalue weighted by Crippen LogP contribution is 2.22. The zero-order valence-electron chi connectivity index (χ0n) is 12.3. The van der Waals surface area contributed by atoms with Gasteiger partial charge in [-0.05, 0) is 49.7 Å². The highest BCUT2D eigenvalue weighted by atomic mass is 35.5. The molecule has 3 rings (SSSR count). The first kappa shape index (κ1) is 15.1. The number of hydrogen-bond acceptors (Lipinski definition) is 4. The summed E-state index contributed by atoms with van der Waals surface area (Å²) in [5.74, 6) is 1.55. The van der Waals surface area contributed by atoms with Gasteiger partial charge in [-0.2, -0.15) is 5.10 Å². The molecule has 0 amide bonds. The van der Waals surface area contributed by atoms with E-state index in [1.54, 1.807) is 16.4 Å². The third kappa shape index (κ3) is 3.48. The van der Waals surface area contributed by atoms with Gasteiger partial charge in [-0.15, -0.1) is 10.2 Å². The van der Waals surface area contributed by atoms with Gasteiger partial charge in [0.05, 0.1) is 5.69 Å². The van der Waals surface area contributed by atoms with Gasteiger partial charge in [0.25, 0.3) is 0 Å². The van der Waals surface area contributed by atoms with Crippen LogP contribution in [-0.2, 0) is 5.75 Å². The molecule has 0 saturated carbocycles. The third-order valence-electron chi connectivity index (χ3n) is 3.13. The van der Waals surface area contributed by atoms with E-state index in [1.807, 2.05) is 50.2 Å². The Morgan fingerprint density at radius 2 is 1.95 bits per heavy atom. The molecule has 0 saturated heterocycles. The lowest BCUT2D eigenvalue weighted by Gasteiger charge is -2.04. The van der Waals surface area contributed by atoms with E-state index < -0.39 is 0 Å². The van der Waals surface area contributed by atoms with Crippen LogP contribution < -0.4 is 0 Å². The zero-order chi connectivity index (χ0) is 15.5. The Bertz CT molecular complexity index is 783. The van der Waals surface area contributed by atoms with Crippen molar-refractivity contribution in [2.45, 2.75) is 24.6 Å². The Morgan fingerprint density at radius 3 is 2.59 bits per heavy atom. The Labute approximate surface area is 138 Å². The number of aryl methyl sites for hydroxylation is 2. The minimum absolute atomic E-state index is 0.734. The van der Waals surface area contributed by atoms with E-state index >= 15 is 0 Å². The average Bonchev–Trinajstić information content (AvgIpc) is 2.84.